The van der Waals surface area contributed by atoms with Gasteiger partial charge in [0, 0.05) is 5.56 Å². The molecule has 0 spiro atoms. The molecule has 9 heteroatoms. The zero-order valence-electron chi connectivity index (χ0n) is 17.5. The number of nitrogens with one attached hydrogen (secondary N) is 2. The summed E-state index contributed by atoms with van der Waals surface area (Å²) in [4.78, 5) is 62.8. The number of carbonyl (C=O) groups is 5. The van der Waals surface area contributed by atoms with Crippen molar-refractivity contribution < 1.29 is 28.7 Å². The van der Waals surface area contributed by atoms with Crippen LogP contribution in [0, 0.1) is 11.8 Å². The number of nitrogens with zero attached hydrogens (tertiary/aromatic N) is 1. The van der Waals surface area contributed by atoms with Gasteiger partial charge in [0.2, 0.25) is 11.8 Å². The Kier molecular flexibility index (Phi) is 6.30. The number of hydrogen-bond acceptors (Lipinski definition) is 6. The van der Waals surface area contributed by atoms with Crippen LogP contribution in [-0.4, -0.2) is 36.2 Å². The van der Waals surface area contributed by atoms with Crippen LogP contribution < -0.4 is 15.8 Å². The van der Waals surface area contributed by atoms with E-state index in [0.29, 0.717) is 18.4 Å². The van der Waals surface area contributed by atoms with Gasteiger partial charge >= 0.3 is 5.97 Å². The minimum atomic E-state index is -0.806. The highest BCUT2D eigenvalue weighted by molar-refractivity contribution is 6.22. The molecule has 9 nitrogen and oxygen atoms in total. The van der Waals surface area contributed by atoms with E-state index in [4.69, 9.17) is 4.74 Å². The first-order valence-electron chi connectivity index (χ1n) is 10.4. The van der Waals surface area contributed by atoms with Gasteiger partial charge in [-0.2, -0.15) is 0 Å². The van der Waals surface area contributed by atoms with E-state index >= 15 is 0 Å². The maximum atomic E-state index is 12.7. The third-order valence-corrected chi connectivity index (χ3v) is 5.53. The minimum Gasteiger partial charge on any atom is -0.452 e. The van der Waals surface area contributed by atoms with Crippen LogP contribution in [0.3, 0.4) is 0 Å². The van der Waals surface area contributed by atoms with Crippen LogP contribution in [0.2, 0.25) is 0 Å². The highest BCUT2D eigenvalue weighted by Crippen LogP contribution is 2.37. The molecule has 1 heterocycles. The van der Waals surface area contributed by atoms with Crippen LogP contribution in [0.15, 0.2) is 66.7 Å². The van der Waals surface area contributed by atoms with Gasteiger partial charge in [-0.1, -0.05) is 36.4 Å². The minimum absolute atomic E-state index is 0.0854. The molecule has 4 rings (SSSR count). The van der Waals surface area contributed by atoms with Gasteiger partial charge in [0.05, 0.1) is 23.1 Å². The number of benzene rings is 2. The van der Waals surface area contributed by atoms with Gasteiger partial charge in [-0.05, 0) is 43.2 Å². The Hall–Kier alpha value is -4.27. The molecule has 1 fully saturated rings. The Labute approximate surface area is 189 Å². The van der Waals surface area contributed by atoms with Crippen molar-refractivity contribution in [3.05, 3.63) is 77.9 Å². The molecule has 0 aromatic heterocycles. The van der Waals surface area contributed by atoms with Crippen molar-refractivity contribution >= 4 is 35.3 Å². The van der Waals surface area contributed by atoms with E-state index < -0.39 is 24.4 Å². The average molecular weight is 447 g/mol. The van der Waals surface area contributed by atoms with Crippen LogP contribution >= 0.6 is 0 Å². The zero-order valence-corrected chi connectivity index (χ0v) is 17.5. The number of fused-ring (bicyclic) bond motifs is 1. The van der Waals surface area contributed by atoms with Crippen LogP contribution in [0.1, 0.15) is 33.6 Å². The number of esters is 1. The topological polar surface area (TPSA) is 122 Å². The number of rotatable bonds is 5. The molecule has 2 aliphatic rings. The van der Waals surface area contributed by atoms with Crippen molar-refractivity contribution in [2.24, 2.45) is 11.8 Å². The van der Waals surface area contributed by atoms with Crippen molar-refractivity contribution in [2.75, 3.05) is 11.5 Å². The van der Waals surface area contributed by atoms with E-state index in [1.807, 2.05) is 12.2 Å². The third kappa shape index (κ3) is 4.67. The summed E-state index contributed by atoms with van der Waals surface area (Å²) in [6.07, 6.45) is 4.83. The highest BCUT2D eigenvalue weighted by Gasteiger charge is 2.47. The lowest BCUT2D eigenvalue weighted by Gasteiger charge is -2.15. The number of hydrogen-bond donors (Lipinski definition) is 2. The van der Waals surface area contributed by atoms with Crippen LogP contribution in [0.5, 0.6) is 0 Å². The lowest BCUT2D eigenvalue weighted by molar-refractivity contribution is -0.125. The molecule has 2 atom stereocenters. The molecule has 0 radical (unpaired) electrons. The highest BCUT2D eigenvalue weighted by atomic mass is 16.5. The standard InChI is InChI=1S/C24H21N3O6/c28-20(25-26-21(29)15-7-2-1-3-8-15)14-33-24(32)16-9-6-10-17(13-16)27-22(30)18-11-4-5-12-19(18)23(27)31/h1-10,13,18-19H,11-12,14H2,(H,25,28)(H,26,29)/t18-,19+. The number of carbonyl (C=O) groups excluding carboxylic acids is 5. The van der Waals surface area contributed by atoms with Crippen LogP contribution in [0.25, 0.3) is 0 Å². The van der Waals surface area contributed by atoms with Gasteiger partial charge in [0.15, 0.2) is 6.61 Å². The van der Waals surface area contributed by atoms with Crippen LogP contribution in [0.4, 0.5) is 5.69 Å². The monoisotopic (exact) mass is 447 g/mol. The summed E-state index contributed by atoms with van der Waals surface area (Å²) in [7, 11) is 0. The lowest BCUT2D eigenvalue weighted by atomic mass is 9.85. The lowest BCUT2D eigenvalue weighted by Crippen LogP contribution is -2.43. The average Bonchev–Trinajstić information content (AvgIpc) is 3.11. The number of ether oxygens (including phenoxy) is 1. The molecule has 1 aliphatic heterocycles. The summed E-state index contributed by atoms with van der Waals surface area (Å²) in [5.74, 6) is -3.38. The van der Waals surface area contributed by atoms with E-state index in [0.717, 1.165) is 4.90 Å². The Balaban J connectivity index is 1.33. The maximum Gasteiger partial charge on any atom is 0.338 e. The predicted molar refractivity (Wildman–Crippen MR) is 117 cm³/mol. The first kappa shape index (κ1) is 21.9. The number of amides is 4. The Morgan fingerprint density at radius 3 is 2.15 bits per heavy atom. The summed E-state index contributed by atoms with van der Waals surface area (Å²) < 4.78 is 4.99. The molecule has 2 aromatic carbocycles. The molecule has 1 saturated heterocycles. The summed E-state index contributed by atoms with van der Waals surface area (Å²) in [6, 6.07) is 14.2. The van der Waals surface area contributed by atoms with E-state index in [-0.39, 0.29) is 34.9 Å². The molecule has 1 aliphatic carbocycles. The van der Waals surface area contributed by atoms with Crippen molar-refractivity contribution in [1.29, 1.82) is 0 Å². The zero-order chi connectivity index (χ0) is 23.4. The quantitative estimate of drug-likeness (QED) is 0.312. The first-order chi connectivity index (χ1) is 16.0. The molecule has 2 aromatic rings. The summed E-state index contributed by atoms with van der Waals surface area (Å²) in [6.45, 7) is -0.629. The number of anilines is 1. The fraction of sp³-hybridized carbons (Fsp3) is 0.208. The fourth-order valence-electron chi connectivity index (χ4n) is 3.87. The Morgan fingerprint density at radius 2 is 1.48 bits per heavy atom. The fourth-order valence-corrected chi connectivity index (χ4v) is 3.87. The van der Waals surface area contributed by atoms with Crippen LogP contribution in [-0.2, 0) is 19.1 Å². The van der Waals surface area contributed by atoms with E-state index in [2.05, 4.69) is 10.9 Å². The predicted octanol–water partition coefficient (Wildman–Crippen LogP) is 1.76. The van der Waals surface area contributed by atoms with E-state index in [1.165, 1.54) is 18.2 Å². The van der Waals surface area contributed by atoms with Gasteiger partial charge < -0.3 is 4.74 Å². The SMILES string of the molecule is O=C(COC(=O)c1cccc(N2C(=O)[C@H]3CC=CC[C@H]3C2=O)c1)NNC(=O)c1ccccc1. The first-order valence-corrected chi connectivity index (χ1v) is 10.4. The van der Waals surface area contributed by atoms with Gasteiger partial charge in [-0.3, -0.25) is 34.9 Å². The molecule has 0 bridgehead atoms. The van der Waals surface area contributed by atoms with Gasteiger partial charge in [-0.25, -0.2) is 4.79 Å². The van der Waals surface area contributed by atoms with Crippen molar-refractivity contribution in [3.63, 3.8) is 0 Å². The number of allylic oxidation sites excluding steroid dienone is 2. The molecular weight excluding hydrogens is 426 g/mol. The largest absolute Gasteiger partial charge is 0.452 e. The second kappa shape index (κ2) is 9.47. The third-order valence-electron chi connectivity index (χ3n) is 5.53. The Bertz CT molecular complexity index is 1120. The summed E-state index contributed by atoms with van der Waals surface area (Å²) in [5, 5.41) is 0. The van der Waals surface area contributed by atoms with Crippen molar-refractivity contribution in [1.82, 2.24) is 10.9 Å². The summed E-state index contributed by atoms with van der Waals surface area (Å²) >= 11 is 0. The molecule has 33 heavy (non-hydrogen) atoms. The van der Waals surface area contributed by atoms with E-state index in [9.17, 15) is 24.0 Å². The smallest absolute Gasteiger partial charge is 0.338 e. The number of hydrazine groups is 1. The second-order valence-corrected chi connectivity index (χ2v) is 7.66. The van der Waals surface area contributed by atoms with Crippen molar-refractivity contribution in [2.45, 2.75) is 12.8 Å². The number of imide groups is 1. The molecule has 4 amide bonds. The normalized spacial score (nSPS) is 19.1. The van der Waals surface area contributed by atoms with Gasteiger partial charge in [0.25, 0.3) is 11.8 Å². The van der Waals surface area contributed by atoms with E-state index in [1.54, 1.807) is 36.4 Å². The van der Waals surface area contributed by atoms with Gasteiger partial charge in [0.1, 0.15) is 0 Å². The molecule has 0 saturated carbocycles. The molecular formula is C24H21N3O6. The Morgan fingerprint density at radius 1 is 0.848 bits per heavy atom. The molecule has 2 N–H and O–H groups in total. The molecule has 0 unspecified atom stereocenters. The van der Waals surface area contributed by atoms with Crippen molar-refractivity contribution in [3.8, 4) is 0 Å². The van der Waals surface area contributed by atoms with Gasteiger partial charge in [-0.15, -0.1) is 0 Å². The maximum absolute atomic E-state index is 12.7. The summed E-state index contributed by atoms with van der Waals surface area (Å²) in [5.41, 5.74) is 5.12. The molecule has 168 valence electrons. The second-order valence-electron chi connectivity index (χ2n) is 7.66.